The van der Waals surface area contributed by atoms with Gasteiger partial charge in [-0.25, -0.2) is 0 Å². The highest BCUT2D eigenvalue weighted by Crippen LogP contribution is 2.66. The molecule has 0 aromatic carbocycles. The summed E-state index contributed by atoms with van der Waals surface area (Å²) in [5, 5.41) is 0. The van der Waals surface area contributed by atoms with Gasteiger partial charge >= 0.3 is 5.97 Å². The molecule has 0 aliphatic heterocycles. The lowest BCUT2D eigenvalue weighted by Gasteiger charge is -2.15. The molecule has 13 heavy (non-hydrogen) atoms. The standard InChI is InChI=1S/C9H19IO2P/c1-4-13(10,5-2)8-6-7-9(11)12-3/h4-8H2,1-3H3/q+1. The number of methoxy groups -OCH3 is 1. The van der Waals surface area contributed by atoms with E-state index in [1.165, 1.54) is 25.6 Å². The largest absolute Gasteiger partial charge is 0.469 e. The average Bonchev–Trinajstić information content (AvgIpc) is 2.17. The molecule has 0 unspecified atom stereocenters. The van der Waals surface area contributed by atoms with Gasteiger partial charge in [0, 0.05) is 6.42 Å². The zero-order valence-electron chi connectivity index (χ0n) is 8.68. The molecule has 0 aliphatic rings. The van der Waals surface area contributed by atoms with Gasteiger partial charge in [-0.3, -0.25) is 4.79 Å². The molecule has 0 saturated heterocycles. The maximum atomic E-state index is 10.9. The van der Waals surface area contributed by atoms with Crippen molar-refractivity contribution in [2.24, 2.45) is 0 Å². The summed E-state index contributed by atoms with van der Waals surface area (Å²) in [7, 11) is 1.45. The van der Waals surface area contributed by atoms with E-state index in [-0.39, 0.29) is 5.97 Å². The van der Waals surface area contributed by atoms with Gasteiger partial charge < -0.3 is 4.74 Å². The Morgan fingerprint density at radius 2 is 1.92 bits per heavy atom. The Morgan fingerprint density at radius 1 is 1.38 bits per heavy atom. The summed E-state index contributed by atoms with van der Waals surface area (Å²) in [6, 6.07) is 0. The first-order valence-electron chi connectivity index (χ1n) is 4.70. The van der Waals surface area contributed by atoms with Crippen molar-refractivity contribution < 1.29 is 9.53 Å². The number of halogens is 1. The predicted molar refractivity (Wildman–Crippen MR) is 68.1 cm³/mol. The van der Waals surface area contributed by atoms with E-state index in [1.807, 2.05) is 0 Å². The highest BCUT2D eigenvalue weighted by atomic mass is 127. The summed E-state index contributed by atoms with van der Waals surface area (Å²) < 4.78 is 4.60. The lowest BCUT2D eigenvalue weighted by atomic mass is 10.3. The fourth-order valence-corrected chi connectivity index (χ4v) is 3.98. The summed E-state index contributed by atoms with van der Waals surface area (Å²) >= 11 is 2.62. The van der Waals surface area contributed by atoms with Gasteiger partial charge in [-0.2, -0.15) is 0 Å². The molecule has 78 valence electrons. The Kier molecular flexibility index (Phi) is 7.33. The van der Waals surface area contributed by atoms with Crippen LogP contribution in [0.15, 0.2) is 0 Å². The third kappa shape index (κ3) is 5.84. The maximum absolute atomic E-state index is 10.9. The van der Waals surface area contributed by atoms with E-state index in [9.17, 15) is 4.79 Å². The number of ether oxygens (including phenoxy) is 1. The summed E-state index contributed by atoms with van der Waals surface area (Å²) in [4.78, 5) is 10.1. The van der Waals surface area contributed by atoms with Crippen molar-refractivity contribution in [1.29, 1.82) is 0 Å². The van der Waals surface area contributed by atoms with Gasteiger partial charge in [0.15, 0.2) is 22.0 Å². The van der Waals surface area contributed by atoms with Crippen molar-refractivity contribution in [3.05, 3.63) is 0 Å². The molecule has 0 saturated carbocycles. The van der Waals surface area contributed by atoms with E-state index < -0.39 is 4.90 Å². The monoisotopic (exact) mass is 317 g/mol. The molecular formula is C9H19IO2P+. The SMILES string of the molecule is CC[P+](I)(CC)CCCC(=O)OC. The molecular weight excluding hydrogens is 298 g/mol. The quantitative estimate of drug-likeness (QED) is 0.427. The molecule has 0 fully saturated rings. The van der Waals surface area contributed by atoms with Gasteiger partial charge in [0.05, 0.1) is 30.5 Å². The lowest BCUT2D eigenvalue weighted by Crippen LogP contribution is -2.03. The van der Waals surface area contributed by atoms with Crippen LogP contribution in [-0.2, 0) is 9.53 Å². The first kappa shape index (κ1) is 13.6. The second-order valence-corrected chi connectivity index (χ2v) is 13.0. The van der Waals surface area contributed by atoms with E-state index in [2.05, 4.69) is 40.6 Å². The van der Waals surface area contributed by atoms with Crippen LogP contribution in [0.4, 0.5) is 0 Å². The number of hydrogen-bond acceptors (Lipinski definition) is 2. The van der Waals surface area contributed by atoms with Crippen LogP contribution in [0.2, 0.25) is 0 Å². The first-order chi connectivity index (χ1) is 6.08. The molecule has 0 heterocycles. The first-order valence-corrected chi connectivity index (χ1v) is 9.83. The smallest absolute Gasteiger partial charge is 0.305 e. The normalized spacial score (nSPS) is 11.4. The topological polar surface area (TPSA) is 26.3 Å². The van der Waals surface area contributed by atoms with Crippen LogP contribution in [0.5, 0.6) is 0 Å². The van der Waals surface area contributed by atoms with Crippen molar-refractivity contribution >= 4 is 32.9 Å². The van der Waals surface area contributed by atoms with Gasteiger partial charge in [-0.05, 0) is 20.3 Å². The van der Waals surface area contributed by atoms with Crippen LogP contribution in [0.3, 0.4) is 0 Å². The van der Waals surface area contributed by atoms with Gasteiger partial charge in [-0.1, -0.05) is 0 Å². The Labute approximate surface area is 94.6 Å². The zero-order chi connectivity index (χ0) is 10.3. The van der Waals surface area contributed by atoms with Crippen LogP contribution in [0.25, 0.3) is 0 Å². The fourth-order valence-electron chi connectivity index (χ4n) is 1.15. The lowest BCUT2D eigenvalue weighted by molar-refractivity contribution is -0.140. The van der Waals surface area contributed by atoms with Crippen LogP contribution >= 0.6 is 26.9 Å². The molecule has 0 spiro atoms. The summed E-state index contributed by atoms with van der Waals surface area (Å²) in [6.45, 7) is 4.50. The molecule has 0 radical (unpaired) electrons. The Balaban J connectivity index is 3.67. The number of carbonyl (C=O) groups is 1. The van der Waals surface area contributed by atoms with Crippen molar-refractivity contribution in [2.45, 2.75) is 26.7 Å². The van der Waals surface area contributed by atoms with Crippen molar-refractivity contribution in [3.8, 4) is 0 Å². The molecule has 0 rings (SSSR count). The second-order valence-electron chi connectivity index (χ2n) is 3.07. The van der Waals surface area contributed by atoms with Crippen LogP contribution < -0.4 is 0 Å². The van der Waals surface area contributed by atoms with Gasteiger partial charge in [0.2, 0.25) is 0 Å². The van der Waals surface area contributed by atoms with E-state index in [0.717, 1.165) is 6.42 Å². The molecule has 0 bridgehead atoms. The van der Waals surface area contributed by atoms with Crippen LogP contribution in [0.1, 0.15) is 26.7 Å². The Bertz CT molecular complexity index is 158. The molecule has 4 heteroatoms. The summed E-state index contributed by atoms with van der Waals surface area (Å²) in [5.74, 6) is -0.0739. The summed E-state index contributed by atoms with van der Waals surface area (Å²) in [5.41, 5.74) is 0. The van der Waals surface area contributed by atoms with Gasteiger partial charge in [0.1, 0.15) is 0 Å². The second kappa shape index (κ2) is 6.99. The molecule has 0 atom stereocenters. The zero-order valence-corrected chi connectivity index (χ0v) is 11.7. The number of carbonyl (C=O) groups excluding carboxylic acids is 1. The van der Waals surface area contributed by atoms with E-state index >= 15 is 0 Å². The number of esters is 1. The van der Waals surface area contributed by atoms with Gasteiger partial charge in [0.25, 0.3) is 0 Å². The third-order valence-electron chi connectivity index (χ3n) is 2.30. The third-order valence-corrected chi connectivity index (χ3v) is 11.2. The number of hydrogen-bond donors (Lipinski definition) is 0. The van der Waals surface area contributed by atoms with Crippen molar-refractivity contribution in [1.82, 2.24) is 0 Å². The number of rotatable bonds is 6. The van der Waals surface area contributed by atoms with E-state index in [1.54, 1.807) is 0 Å². The summed E-state index contributed by atoms with van der Waals surface area (Å²) in [6.07, 6.45) is 5.36. The van der Waals surface area contributed by atoms with E-state index in [0.29, 0.717) is 6.42 Å². The van der Waals surface area contributed by atoms with Crippen LogP contribution in [0, 0.1) is 0 Å². The fraction of sp³-hybridized carbons (Fsp3) is 0.889. The minimum absolute atomic E-state index is 0.0739. The minimum atomic E-state index is -0.736. The Hall–Kier alpha value is 0.630. The minimum Gasteiger partial charge on any atom is -0.469 e. The highest BCUT2D eigenvalue weighted by molar-refractivity contribution is 14.2. The van der Waals surface area contributed by atoms with Crippen molar-refractivity contribution in [3.63, 3.8) is 0 Å². The highest BCUT2D eigenvalue weighted by Gasteiger charge is 2.29. The van der Waals surface area contributed by atoms with Crippen LogP contribution in [-0.4, -0.2) is 31.6 Å². The molecule has 0 aliphatic carbocycles. The van der Waals surface area contributed by atoms with Crippen molar-refractivity contribution in [2.75, 3.05) is 25.6 Å². The maximum Gasteiger partial charge on any atom is 0.305 e. The molecule has 0 aromatic heterocycles. The molecule has 0 amide bonds. The average molecular weight is 317 g/mol. The molecule has 0 N–H and O–H groups in total. The van der Waals surface area contributed by atoms with E-state index in [4.69, 9.17) is 0 Å². The Morgan fingerprint density at radius 3 is 2.31 bits per heavy atom. The predicted octanol–water partition coefficient (Wildman–Crippen LogP) is 3.35. The molecule has 2 nitrogen and oxygen atoms in total. The van der Waals surface area contributed by atoms with Gasteiger partial charge in [-0.15, -0.1) is 0 Å². The molecule has 0 aromatic rings.